The van der Waals surface area contributed by atoms with E-state index in [0.717, 1.165) is 16.7 Å². The Hall–Kier alpha value is -3.16. The van der Waals surface area contributed by atoms with Gasteiger partial charge in [0, 0.05) is 36.3 Å². The quantitative estimate of drug-likeness (QED) is 0.724. The molecule has 27 heavy (non-hydrogen) atoms. The fourth-order valence-corrected chi connectivity index (χ4v) is 3.74. The molecule has 1 aliphatic carbocycles. The Morgan fingerprint density at radius 3 is 2.78 bits per heavy atom. The van der Waals surface area contributed by atoms with E-state index in [2.05, 4.69) is 28.0 Å². The molecule has 0 atom stereocenters. The number of anilines is 2. The number of fused-ring (bicyclic) bond motifs is 2. The highest BCUT2D eigenvalue weighted by Crippen LogP contribution is 2.34. The van der Waals surface area contributed by atoms with E-state index in [1.807, 2.05) is 23.1 Å². The molecule has 8 heteroatoms. The highest BCUT2D eigenvalue weighted by molar-refractivity contribution is 5.90. The van der Waals surface area contributed by atoms with Crippen LogP contribution in [-0.2, 0) is 13.0 Å². The lowest BCUT2D eigenvalue weighted by Gasteiger charge is -2.29. The zero-order valence-electron chi connectivity index (χ0n) is 15.0. The zero-order valence-corrected chi connectivity index (χ0v) is 15.0. The molecule has 0 spiro atoms. The summed E-state index contributed by atoms with van der Waals surface area (Å²) in [5.74, 6) is 1.56. The Morgan fingerprint density at radius 1 is 1.15 bits per heavy atom. The van der Waals surface area contributed by atoms with E-state index in [9.17, 15) is 9.59 Å². The minimum absolute atomic E-state index is 0.304. The highest BCUT2D eigenvalue weighted by Gasteiger charge is 2.29. The monoisotopic (exact) mass is 364 g/mol. The Kier molecular flexibility index (Phi) is 3.53. The molecule has 2 aliphatic rings. The van der Waals surface area contributed by atoms with Gasteiger partial charge in [0.05, 0.1) is 12.1 Å². The van der Waals surface area contributed by atoms with Crippen LogP contribution in [0.4, 0.5) is 11.8 Å². The van der Waals surface area contributed by atoms with Crippen molar-refractivity contribution in [3.8, 4) is 0 Å². The van der Waals surface area contributed by atoms with Crippen molar-refractivity contribution < 1.29 is 0 Å². The van der Waals surface area contributed by atoms with Crippen LogP contribution in [0.5, 0.6) is 0 Å². The standard InChI is InChI=1S/C19H20N6O2/c1-24(11-6-7-11)16-12-4-2-3-5-14(12)20-18(22-16)25-9-8-13-15(10-25)21-19(27)23-17(13)26/h2-5,11H,6-10H2,1H3,(H2,21,23,26,27). The van der Waals surface area contributed by atoms with Gasteiger partial charge in [-0.3, -0.25) is 9.78 Å². The van der Waals surface area contributed by atoms with Crippen molar-refractivity contribution in [3.05, 3.63) is 56.4 Å². The van der Waals surface area contributed by atoms with E-state index in [1.54, 1.807) is 0 Å². The topological polar surface area (TPSA) is 98.0 Å². The number of hydrogen-bond acceptors (Lipinski definition) is 6. The molecule has 0 saturated heterocycles. The first-order valence-corrected chi connectivity index (χ1v) is 9.19. The van der Waals surface area contributed by atoms with Gasteiger partial charge in [0.15, 0.2) is 0 Å². The minimum Gasteiger partial charge on any atom is -0.356 e. The van der Waals surface area contributed by atoms with Crippen molar-refractivity contribution in [2.45, 2.75) is 31.8 Å². The second-order valence-corrected chi connectivity index (χ2v) is 7.24. The molecule has 8 nitrogen and oxygen atoms in total. The number of rotatable bonds is 3. The molecular formula is C19H20N6O2. The van der Waals surface area contributed by atoms with E-state index < -0.39 is 5.69 Å². The molecule has 2 aromatic heterocycles. The number of nitrogens with zero attached hydrogens (tertiary/aromatic N) is 4. The van der Waals surface area contributed by atoms with Gasteiger partial charge in [-0.05, 0) is 31.4 Å². The highest BCUT2D eigenvalue weighted by atomic mass is 16.2. The number of hydrogen-bond donors (Lipinski definition) is 2. The van der Waals surface area contributed by atoms with Crippen LogP contribution in [0.2, 0.25) is 0 Å². The molecule has 5 rings (SSSR count). The Balaban J connectivity index is 1.59. The molecule has 0 amide bonds. The van der Waals surface area contributed by atoms with Crippen LogP contribution >= 0.6 is 0 Å². The average molecular weight is 364 g/mol. The fourth-order valence-electron chi connectivity index (χ4n) is 3.74. The minimum atomic E-state index is -0.478. The third-order valence-corrected chi connectivity index (χ3v) is 5.39. The SMILES string of the molecule is CN(c1nc(N2CCc3c([nH]c(=O)[nH]c3=O)C2)nc2ccccc12)C1CC1. The summed E-state index contributed by atoms with van der Waals surface area (Å²) in [4.78, 5) is 42.6. The van der Waals surface area contributed by atoms with Crippen LogP contribution in [0.1, 0.15) is 24.1 Å². The summed E-state index contributed by atoms with van der Waals surface area (Å²) in [6, 6.07) is 8.56. The number of para-hydroxylation sites is 1. The molecule has 3 heterocycles. The van der Waals surface area contributed by atoms with Crippen molar-refractivity contribution in [1.29, 1.82) is 0 Å². The van der Waals surface area contributed by atoms with Gasteiger partial charge in [0.25, 0.3) is 5.56 Å². The first-order chi connectivity index (χ1) is 13.1. The molecule has 1 saturated carbocycles. The maximum Gasteiger partial charge on any atom is 0.325 e. The molecule has 0 bridgehead atoms. The molecule has 2 N–H and O–H groups in total. The molecular weight excluding hydrogens is 344 g/mol. The smallest absolute Gasteiger partial charge is 0.325 e. The van der Waals surface area contributed by atoms with E-state index in [-0.39, 0.29) is 5.56 Å². The number of H-pyrrole nitrogens is 2. The lowest BCUT2D eigenvalue weighted by Crippen LogP contribution is -2.39. The molecule has 0 unspecified atom stereocenters. The first-order valence-electron chi connectivity index (χ1n) is 9.19. The predicted molar refractivity (Wildman–Crippen MR) is 103 cm³/mol. The van der Waals surface area contributed by atoms with Gasteiger partial charge in [-0.2, -0.15) is 4.98 Å². The summed E-state index contributed by atoms with van der Waals surface area (Å²) < 4.78 is 0. The van der Waals surface area contributed by atoms with E-state index in [1.165, 1.54) is 12.8 Å². The molecule has 3 aromatic rings. The summed E-state index contributed by atoms with van der Waals surface area (Å²) in [5.41, 5.74) is 1.40. The van der Waals surface area contributed by atoms with E-state index >= 15 is 0 Å². The van der Waals surface area contributed by atoms with Gasteiger partial charge in [-0.15, -0.1) is 0 Å². The number of aromatic amines is 2. The third-order valence-electron chi connectivity index (χ3n) is 5.39. The Morgan fingerprint density at radius 2 is 1.96 bits per heavy atom. The predicted octanol–water partition coefficient (Wildman–Crippen LogP) is 1.17. The van der Waals surface area contributed by atoms with Gasteiger partial charge >= 0.3 is 5.69 Å². The largest absolute Gasteiger partial charge is 0.356 e. The molecule has 138 valence electrons. The van der Waals surface area contributed by atoms with E-state index in [0.29, 0.717) is 42.8 Å². The van der Waals surface area contributed by atoms with Gasteiger partial charge in [-0.1, -0.05) is 12.1 Å². The van der Waals surface area contributed by atoms with Crippen molar-refractivity contribution in [2.75, 3.05) is 23.4 Å². The third kappa shape index (κ3) is 2.77. The van der Waals surface area contributed by atoms with Crippen LogP contribution in [0.3, 0.4) is 0 Å². The Bertz CT molecular complexity index is 1150. The molecule has 1 aromatic carbocycles. The van der Waals surface area contributed by atoms with Gasteiger partial charge in [0.1, 0.15) is 5.82 Å². The lowest BCUT2D eigenvalue weighted by molar-refractivity contribution is 0.673. The van der Waals surface area contributed by atoms with Gasteiger partial charge in [-0.25, -0.2) is 9.78 Å². The first kappa shape index (κ1) is 16.0. The summed E-state index contributed by atoms with van der Waals surface area (Å²) in [7, 11) is 2.08. The van der Waals surface area contributed by atoms with Crippen LogP contribution in [0, 0.1) is 0 Å². The van der Waals surface area contributed by atoms with Crippen LogP contribution in [0.25, 0.3) is 10.9 Å². The summed E-state index contributed by atoms with van der Waals surface area (Å²) in [6.07, 6.45) is 2.92. The van der Waals surface area contributed by atoms with Crippen LogP contribution in [-0.4, -0.2) is 39.6 Å². The second-order valence-electron chi connectivity index (χ2n) is 7.24. The average Bonchev–Trinajstić information content (AvgIpc) is 3.51. The lowest BCUT2D eigenvalue weighted by atomic mass is 10.1. The van der Waals surface area contributed by atoms with Crippen molar-refractivity contribution in [1.82, 2.24) is 19.9 Å². The number of benzene rings is 1. The number of aromatic nitrogens is 4. The normalized spacial score (nSPS) is 16.4. The Labute approximate surface area is 154 Å². The van der Waals surface area contributed by atoms with Crippen molar-refractivity contribution >= 4 is 22.7 Å². The molecule has 1 aliphatic heterocycles. The maximum atomic E-state index is 12.0. The second kappa shape index (κ2) is 5.94. The summed E-state index contributed by atoms with van der Waals surface area (Å²) >= 11 is 0. The van der Waals surface area contributed by atoms with Gasteiger partial charge in [0.2, 0.25) is 5.95 Å². The zero-order chi connectivity index (χ0) is 18.5. The fraction of sp³-hybridized carbons (Fsp3) is 0.368. The van der Waals surface area contributed by atoms with Crippen LogP contribution in [0.15, 0.2) is 33.9 Å². The van der Waals surface area contributed by atoms with Gasteiger partial charge < -0.3 is 14.8 Å². The number of nitrogens with one attached hydrogen (secondary N) is 2. The molecule has 0 radical (unpaired) electrons. The van der Waals surface area contributed by atoms with Crippen molar-refractivity contribution in [2.24, 2.45) is 0 Å². The molecule has 1 fully saturated rings. The van der Waals surface area contributed by atoms with E-state index in [4.69, 9.17) is 9.97 Å². The van der Waals surface area contributed by atoms with Crippen molar-refractivity contribution in [3.63, 3.8) is 0 Å². The maximum absolute atomic E-state index is 12.0. The summed E-state index contributed by atoms with van der Waals surface area (Å²) in [6.45, 7) is 1.05. The summed E-state index contributed by atoms with van der Waals surface area (Å²) in [5, 5.41) is 1.04. The van der Waals surface area contributed by atoms with Crippen LogP contribution < -0.4 is 21.0 Å².